The van der Waals surface area contributed by atoms with Crippen molar-refractivity contribution in [3.63, 3.8) is 0 Å². The molecule has 0 aliphatic carbocycles. The van der Waals surface area contributed by atoms with E-state index in [1.807, 2.05) is 12.1 Å². The Kier molecular flexibility index (Phi) is 13.8. The fourth-order valence-corrected chi connectivity index (χ4v) is 16.7. The molecule has 6 aromatic heterocycles. The van der Waals surface area contributed by atoms with Crippen molar-refractivity contribution in [2.24, 2.45) is 0 Å². The molecule has 108 heavy (non-hydrogen) atoms. The van der Waals surface area contributed by atoms with Crippen molar-refractivity contribution < 1.29 is 0 Å². The van der Waals surface area contributed by atoms with E-state index < -0.39 is 0 Å². The lowest BCUT2D eigenvalue weighted by Crippen LogP contribution is -1.97. The number of imidazole rings is 4. The molecule has 17 aromatic carbocycles. The monoisotopic (exact) mass is 1370 g/mol. The largest absolute Gasteiger partial charge is 0.292 e. The molecule has 0 atom stereocenters. The van der Waals surface area contributed by atoms with Crippen molar-refractivity contribution in [3.8, 4) is 78.7 Å². The second-order valence-corrected chi connectivity index (χ2v) is 28.2. The molecule has 0 spiro atoms. The summed E-state index contributed by atoms with van der Waals surface area (Å²) in [6, 6.07) is 135. The highest BCUT2D eigenvalue weighted by Crippen LogP contribution is 2.41. The minimum atomic E-state index is 0.943. The van der Waals surface area contributed by atoms with Gasteiger partial charge in [-0.3, -0.25) is 17.9 Å². The van der Waals surface area contributed by atoms with Crippen LogP contribution in [-0.4, -0.2) is 37.9 Å². The molecule has 0 saturated heterocycles. The van der Waals surface area contributed by atoms with Gasteiger partial charge in [-0.05, 0) is 233 Å². The molecule has 0 aliphatic rings. The summed E-state index contributed by atoms with van der Waals surface area (Å²) >= 11 is 0. The highest BCUT2D eigenvalue weighted by molar-refractivity contribution is 6.16. The Morgan fingerprint density at radius 2 is 0.435 bits per heavy atom. The van der Waals surface area contributed by atoms with Gasteiger partial charge in [-0.15, -0.1) is 0 Å². The van der Waals surface area contributed by atoms with Gasteiger partial charge in [0.05, 0.1) is 55.2 Å². The number of pyridine rings is 2. The minimum absolute atomic E-state index is 0.943. The summed E-state index contributed by atoms with van der Waals surface area (Å²) in [7, 11) is 0. The molecule has 502 valence electrons. The van der Waals surface area contributed by atoms with Crippen molar-refractivity contribution in [1.29, 1.82) is 0 Å². The molecule has 8 nitrogen and oxygen atoms in total. The molecular weight excluding hydrogens is 1310 g/mol. The standard InChI is InChI=1S/C52H32N4.C48H30N4/c1-2-10-42(11-3-1)55-49-16-8-5-13-46(49)53-51(55)41-25-24-37-29-35(21-23-39(37)31-41)33-18-19-36-30-38(22-20-34(36)28-33)40-26-27-44-45(32-40)43-12-4-7-15-48(43)56-50-17-9-6-14-47(50)54-52(44)56;1-2-10-38(11-3-1)51-45-16-8-5-13-42(45)49-47(51)37-25-24-34-28-33(22-23-35(34)29-37)31-18-20-32(21-19-31)36-26-27-40-41(30-36)39-12-4-7-15-44(39)52-46-17-9-6-14-43(46)50-48(40)52/h1-32H;1-30H. The highest BCUT2D eigenvalue weighted by Gasteiger charge is 2.21. The lowest BCUT2D eigenvalue weighted by atomic mass is 9.95. The maximum absolute atomic E-state index is 5.09. The number of hydrogen-bond acceptors (Lipinski definition) is 4. The molecule has 0 radical (unpaired) electrons. The third-order valence-electron chi connectivity index (χ3n) is 21.9. The Labute approximate surface area is 619 Å². The van der Waals surface area contributed by atoms with E-state index in [-0.39, 0.29) is 0 Å². The second kappa shape index (κ2) is 24.5. The van der Waals surface area contributed by atoms with Crippen LogP contribution in [0.2, 0.25) is 0 Å². The molecule has 0 fully saturated rings. The van der Waals surface area contributed by atoms with E-state index in [0.717, 1.165) is 100 Å². The van der Waals surface area contributed by atoms with E-state index in [2.05, 4.69) is 382 Å². The van der Waals surface area contributed by atoms with Crippen LogP contribution in [0, 0.1) is 0 Å². The molecule has 0 amide bonds. The first-order valence-corrected chi connectivity index (χ1v) is 36.7. The van der Waals surface area contributed by atoms with Gasteiger partial charge >= 0.3 is 0 Å². The van der Waals surface area contributed by atoms with Crippen molar-refractivity contribution in [2.75, 3.05) is 0 Å². The van der Waals surface area contributed by atoms with Gasteiger partial charge in [0.15, 0.2) is 0 Å². The summed E-state index contributed by atoms with van der Waals surface area (Å²) in [6.45, 7) is 0. The van der Waals surface area contributed by atoms with Gasteiger partial charge in [0, 0.05) is 44.0 Å². The van der Waals surface area contributed by atoms with Gasteiger partial charge in [-0.2, -0.15) is 0 Å². The van der Waals surface area contributed by atoms with Crippen molar-refractivity contribution in [3.05, 3.63) is 376 Å². The van der Waals surface area contributed by atoms with Crippen LogP contribution in [0.4, 0.5) is 0 Å². The number of benzene rings is 17. The van der Waals surface area contributed by atoms with Gasteiger partial charge in [-0.25, -0.2) is 19.9 Å². The number of hydrogen-bond donors (Lipinski definition) is 0. The van der Waals surface area contributed by atoms with E-state index >= 15 is 0 Å². The predicted molar refractivity (Wildman–Crippen MR) is 450 cm³/mol. The molecule has 23 aromatic rings. The maximum atomic E-state index is 5.09. The first-order valence-electron chi connectivity index (χ1n) is 36.7. The number of fused-ring (bicyclic) bond motifs is 21. The Hall–Kier alpha value is -14.6. The summed E-state index contributed by atoms with van der Waals surface area (Å²) < 4.78 is 9.11. The van der Waals surface area contributed by atoms with Crippen LogP contribution in [-0.2, 0) is 0 Å². The van der Waals surface area contributed by atoms with Gasteiger partial charge in [0.2, 0.25) is 0 Å². The maximum Gasteiger partial charge on any atom is 0.146 e. The van der Waals surface area contributed by atoms with Crippen LogP contribution in [0.15, 0.2) is 376 Å². The highest BCUT2D eigenvalue weighted by atomic mass is 15.1. The average molecular weight is 1380 g/mol. The zero-order valence-electron chi connectivity index (χ0n) is 58.4. The third kappa shape index (κ3) is 9.99. The molecule has 0 N–H and O–H groups in total. The molecule has 0 bridgehead atoms. The Morgan fingerprint density at radius 1 is 0.167 bits per heavy atom. The Bertz CT molecular complexity index is 7610. The van der Waals surface area contributed by atoms with Crippen LogP contribution in [0.3, 0.4) is 0 Å². The predicted octanol–water partition coefficient (Wildman–Crippen LogP) is 25.7. The molecule has 8 heteroatoms. The molecule has 0 unspecified atom stereocenters. The Morgan fingerprint density at radius 3 is 0.824 bits per heavy atom. The smallest absolute Gasteiger partial charge is 0.146 e. The van der Waals surface area contributed by atoms with Crippen LogP contribution in [0.25, 0.3) is 210 Å². The van der Waals surface area contributed by atoms with Crippen molar-refractivity contribution >= 4 is 131 Å². The summed E-state index contributed by atoms with van der Waals surface area (Å²) in [4.78, 5) is 20.3. The molecule has 23 rings (SSSR count). The normalized spacial score (nSPS) is 11.9. The zero-order valence-corrected chi connectivity index (χ0v) is 58.4. The molecule has 6 heterocycles. The van der Waals surface area contributed by atoms with Crippen molar-refractivity contribution in [2.45, 2.75) is 0 Å². The van der Waals surface area contributed by atoms with E-state index in [9.17, 15) is 0 Å². The van der Waals surface area contributed by atoms with Crippen molar-refractivity contribution in [1.82, 2.24) is 37.9 Å². The van der Waals surface area contributed by atoms with E-state index in [1.165, 1.54) is 109 Å². The summed E-state index contributed by atoms with van der Waals surface area (Å²) in [5, 5.41) is 14.4. The zero-order chi connectivity index (χ0) is 70.9. The summed E-state index contributed by atoms with van der Waals surface area (Å²) in [5.74, 6) is 1.89. The topological polar surface area (TPSA) is 70.2 Å². The fraction of sp³-hybridized carbons (Fsp3) is 0. The summed E-state index contributed by atoms with van der Waals surface area (Å²) in [5.41, 5.74) is 26.8. The van der Waals surface area contributed by atoms with E-state index in [0.29, 0.717) is 0 Å². The SMILES string of the molecule is c1ccc(-n2c(-c3ccc4cc(-c5ccc(-c6ccc7c(c6)c6ccccc6n6c8ccccc8nc76)cc5)ccc4c3)nc3ccccc32)cc1.c1ccc(-n2c(-c3ccc4cc(-c5ccc6cc(-c7ccc8c(c7)c7ccccc7n7c9ccccc9nc87)ccc6c5)ccc4c3)nc3ccccc32)cc1. The van der Waals surface area contributed by atoms with Crippen LogP contribution >= 0.6 is 0 Å². The van der Waals surface area contributed by atoms with Gasteiger partial charge < -0.3 is 0 Å². The number of nitrogens with zero attached hydrogens (tertiary/aromatic N) is 8. The lowest BCUT2D eigenvalue weighted by molar-refractivity contribution is 1.10. The van der Waals surface area contributed by atoms with Gasteiger partial charge in [-0.1, -0.05) is 231 Å². The quantitative estimate of drug-likeness (QED) is 0.142. The first kappa shape index (κ1) is 60.9. The fourth-order valence-electron chi connectivity index (χ4n) is 16.7. The number of para-hydroxylation sites is 12. The van der Waals surface area contributed by atoms with E-state index in [4.69, 9.17) is 19.9 Å². The molecule has 0 aliphatic heterocycles. The Balaban J connectivity index is 0.000000134. The van der Waals surface area contributed by atoms with Gasteiger partial charge in [0.1, 0.15) is 22.9 Å². The van der Waals surface area contributed by atoms with Gasteiger partial charge in [0.25, 0.3) is 0 Å². The third-order valence-corrected chi connectivity index (χ3v) is 21.9. The van der Waals surface area contributed by atoms with Crippen LogP contribution < -0.4 is 0 Å². The van der Waals surface area contributed by atoms with Crippen LogP contribution in [0.1, 0.15) is 0 Å². The second-order valence-electron chi connectivity index (χ2n) is 28.2. The number of rotatable bonds is 8. The first-order chi connectivity index (χ1) is 53.5. The van der Waals surface area contributed by atoms with E-state index in [1.54, 1.807) is 0 Å². The average Bonchev–Trinajstić information content (AvgIpc) is 1.50. The lowest BCUT2D eigenvalue weighted by Gasteiger charge is -2.12. The summed E-state index contributed by atoms with van der Waals surface area (Å²) in [6.07, 6.45) is 0. The number of aromatic nitrogens is 8. The van der Waals surface area contributed by atoms with Crippen LogP contribution in [0.5, 0.6) is 0 Å². The molecular formula is C100H62N8. The molecule has 0 saturated carbocycles. The minimum Gasteiger partial charge on any atom is -0.292 e.